The third-order valence-electron chi connectivity index (χ3n) is 6.45. The van der Waals surface area contributed by atoms with Crippen molar-refractivity contribution in [2.45, 2.75) is 51.9 Å². The van der Waals surface area contributed by atoms with Gasteiger partial charge in [0.05, 0.1) is 6.54 Å². The number of benzene rings is 1. The second kappa shape index (κ2) is 10.1. The van der Waals surface area contributed by atoms with Gasteiger partial charge in [-0.25, -0.2) is 9.97 Å². The van der Waals surface area contributed by atoms with Crippen LogP contribution in [0.5, 0.6) is 0 Å². The van der Waals surface area contributed by atoms with Gasteiger partial charge >= 0.3 is 0 Å². The van der Waals surface area contributed by atoms with Crippen LogP contribution in [-0.4, -0.2) is 58.8 Å². The molecule has 4 rings (SSSR count). The van der Waals surface area contributed by atoms with Crippen molar-refractivity contribution in [3.05, 3.63) is 53.0 Å². The highest BCUT2D eigenvalue weighted by atomic mass is 16.2. The summed E-state index contributed by atoms with van der Waals surface area (Å²) in [4.78, 5) is 49.8. The molecule has 1 atom stereocenters. The summed E-state index contributed by atoms with van der Waals surface area (Å²) in [5, 5.41) is 2.58. The van der Waals surface area contributed by atoms with E-state index in [0.29, 0.717) is 38.3 Å². The van der Waals surface area contributed by atoms with Crippen LogP contribution in [0.1, 0.15) is 54.7 Å². The van der Waals surface area contributed by atoms with E-state index in [1.54, 1.807) is 4.90 Å². The summed E-state index contributed by atoms with van der Waals surface area (Å²) in [6.07, 6.45) is 3.64. The monoisotopic (exact) mass is 449 g/mol. The maximum absolute atomic E-state index is 12.8. The van der Waals surface area contributed by atoms with E-state index in [9.17, 15) is 14.4 Å². The summed E-state index contributed by atoms with van der Waals surface area (Å²) in [6, 6.07) is 10.1. The van der Waals surface area contributed by atoms with Crippen LogP contribution in [0.2, 0.25) is 0 Å². The summed E-state index contributed by atoms with van der Waals surface area (Å²) in [5.74, 6) is 1.22. The first-order chi connectivity index (χ1) is 15.9. The Labute approximate surface area is 194 Å². The van der Waals surface area contributed by atoms with Gasteiger partial charge in [0.2, 0.25) is 17.7 Å². The Bertz CT molecular complexity index is 1040. The zero-order valence-corrected chi connectivity index (χ0v) is 19.3. The van der Waals surface area contributed by atoms with Gasteiger partial charge in [0.1, 0.15) is 11.6 Å². The van der Waals surface area contributed by atoms with E-state index in [1.807, 2.05) is 30.0 Å². The zero-order chi connectivity index (χ0) is 23.4. The average Bonchev–Trinajstić information content (AvgIpc) is 2.82. The highest BCUT2D eigenvalue weighted by Crippen LogP contribution is 2.32. The summed E-state index contributed by atoms with van der Waals surface area (Å²) >= 11 is 0. The quantitative estimate of drug-likeness (QED) is 0.729. The molecule has 1 aromatic carbocycles. The Morgan fingerprint density at radius 3 is 2.70 bits per heavy atom. The lowest BCUT2D eigenvalue weighted by molar-refractivity contribution is -0.133. The minimum atomic E-state index is -0.217. The van der Waals surface area contributed by atoms with Gasteiger partial charge in [-0.1, -0.05) is 30.3 Å². The number of amides is 3. The number of nitrogens with zero attached hydrogens (tertiary/aromatic N) is 4. The van der Waals surface area contributed by atoms with E-state index in [2.05, 4.69) is 17.4 Å². The van der Waals surface area contributed by atoms with Gasteiger partial charge in [-0.15, -0.1) is 0 Å². The molecular formula is C25H31N5O3. The second-order valence-corrected chi connectivity index (χ2v) is 8.84. The Hall–Kier alpha value is -3.29. The third kappa shape index (κ3) is 5.38. The van der Waals surface area contributed by atoms with E-state index in [1.165, 1.54) is 12.5 Å². The molecule has 1 saturated heterocycles. The number of piperidine rings is 1. The molecule has 3 amide bonds. The number of aryl methyl sites for hydroxylation is 1. The first-order valence-corrected chi connectivity index (χ1v) is 11.7. The van der Waals surface area contributed by atoms with Gasteiger partial charge in [0.15, 0.2) is 0 Å². The lowest BCUT2D eigenvalue weighted by atomic mass is 9.95. The normalized spacial score (nSPS) is 18.1. The van der Waals surface area contributed by atoms with Crippen molar-refractivity contribution in [1.82, 2.24) is 20.2 Å². The summed E-state index contributed by atoms with van der Waals surface area (Å²) in [7, 11) is 0. The molecule has 0 saturated carbocycles. The van der Waals surface area contributed by atoms with Gasteiger partial charge in [-0.2, -0.15) is 0 Å². The third-order valence-corrected chi connectivity index (χ3v) is 6.45. The van der Waals surface area contributed by atoms with Crippen LogP contribution in [0.25, 0.3) is 0 Å². The molecule has 33 heavy (non-hydrogen) atoms. The molecule has 2 aliphatic heterocycles. The van der Waals surface area contributed by atoms with Crippen molar-refractivity contribution in [3.63, 3.8) is 0 Å². The molecule has 0 spiro atoms. The van der Waals surface area contributed by atoms with Crippen LogP contribution in [0.3, 0.4) is 0 Å². The van der Waals surface area contributed by atoms with E-state index < -0.39 is 0 Å². The van der Waals surface area contributed by atoms with Crippen molar-refractivity contribution in [2.75, 3.05) is 31.1 Å². The van der Waals surface area contributed by atoms with Crippen molar-refractivity contribution < 1.29 is 14.4 Å². The lowest BCUT2D eigenvalue weighted by Gasteiger charge is -2.34. The molecule has 3 heterocycles. The van der Waals surface area contributed by atoms with Gasteiger partial charge < -0.3 is 10.2 Å². The fourth-order valence-electron chi connectivity index (χ4n) is 4.63. The number of carbonyl (C=O) groups excluding carboxylic acids is 3. The summed E-state index contributed by atoms with van der Waals surface area (Å²) in [6.45, 7) is 5.17. The topological polar surface area (TPSA) is 95.5 Å². The highest BCUT2D eigenvalue weighted by Gasteiger charge is 2.31. The fraction of sp³-hybridized carbons (Fsp3) is 0.480. The van der Waals surface area contributed by atoms with E-state index in [-0.39, 0.29) is 30.2 Å². The Kier molecular flexibility index (Phi) is 7.01. The Morgan fingerprint density at radius 2 is 1.94 bits per heavy atom. The number of rotatable bonds is 6. The van der Waals surface area contributed by atoms with E-state index in [0.717, 1.165) is 36.3 Å². The molecule has 0 radical (unpaired) electrons. The van der Waals surface area contributed by atoms with Crippen molar-refractivity contribution in [3.8, 4) is 0 Å². The first kappa shape index (κ1) is 22.9. The molecule has 2 aliphatic rings. The molecule has 1 unspecified atom stereocenters. The molecular weight excluding hydrogens is 418 g/mol. The first-order valence-electron chi connectivity index (χ1n) is 11.7. The van der Waals surface area contributed by atoms with Crippen molar-refractivity contribution >= 4 is 23.5 Å². The molecule has 8 nitrogen and oxygen atoms in total. The molecule has 1 N–H and O–H groups in total. The van der Waals surface area contributed by atoms with Crippen LogP contribution >= 0.6 is 0 Å². The molecule has 1 aromatic heterocycles. The molecule has 0 bridgehead atoms. The minimum absolute atomic E-state index is 0.00783. The van der Waals surface area contributed by atoms with Crippen LogP contribution in [0.15, 0.2) is 30.3 Å². The number of carbonyl (C=O) groups is 3. The number of hydrogen-bond acceptors (Lipinski definition) is 5. The van der Waals surface area contributed by atoms with Crippen LogP contribution in [0.4, 0.5) is 5.82 Å². The Morgan fingerprint density at radius 1 is 1.15 bits per heavy atom. The molecule has 0 aliphatic carbocycles. The van der Waals surface area contributed by atoms with Crippen LogP contribution in [-0.2, 0) is 27.2 Å². The second-order valence-electron chi connectivity index (χ2n) is 8.84. The largest absolute Gasteiger partial charge is 0.347 e. The maximum atomic E-state index is 12.8. The van der Waals surface area contributed by atoms with Gasteiger partial charge in [-0.3, -0.25) is 19.3 Å². The number of nitrogens with one attached hydrogen (secondary N) is 1. The van der Waals surface area contributed by atoms with Crippen molar-refractivity contribution in [2.24, 2.45) is 0 Å². The fourth-order valence-corrected chi connectivity index (χ4v) is 4.63. The lowest BCUT2D eigenvalue weighted by Crippen LogP contribution is -2.44. The van der Waals surface area contributed by atoms with Crippen molar-refractivity contribution in [1.29, 1.82) is 0 Å². The number of hydrogen-bond donors (Lipinski definition) is 1. The number of fused-ring (bicyclic) bond motifs is 1. The van der Waals surface area contributed by atoms with E-state index in [4.69, 9.17) is 9.97 Å². The number of likely N-dealkylation sites (tertiary alicyclic amines) is 1. The molecule has 2 aromatic rings. The van der Waals surface area contributed by atoms with E-state index >= 15 is 0 Å². The predicted octanol–water partition coefficient (Wildman–Crippen LogP) is 2.15. The smallest absolute Gasteiger partial charge is 0.241 e. The molecule has 8 heteroatoms. The highest BCUT2D eigenvalue weighted by molar-refractivity contribution is 5.95. The summed E-state index contributed by atoms with van der Waals surface area (Å²) in [5.41, 5.74) is 3.14. The van der Waals surface area contributed by atoms with Gasteiger partial charge in [-0.05, 0) is 38.2 Å². The number of anilines is 1. The van der Waals surface area contributed by atoms with Gasteiger partial charge in [0.25, 0.3) is 0 Å². The SMILES string of the molecule is CC(=O)NCC(=O)N1CCCC(c2nc(C)c3c(n2)N(CCc2ccccc2)C(=O)CC3)C1. The van der Waals surface area contributed by atoms with Gasteiger partial charge in [0, 0.05) is 50.2 Å². The standard InChI is InChI=1S/C25H31N5O3/c1-17-21-10-11-22(32)30(14-12-19-7-4-3-5-8-19)25(21)28-24(27-17)20-9-6-13-29(16-20)23(33)15-26-18(2)31/h3-5,7-8,20H,6,9-16H2,1-2H3,(H,26,31). The Balaban J connectivity index is 1.54. The minimum Gasteiger partial charge on any atom is -0.347 e. The molecule has 1 fully saturated rings. The predicted molar refractivity (Wildman–Crippen MR) is 125 cm³/mol. The maximum Gasteiger partial charge on any atom is 0.241 e. The summed E-state index contributed by atoms with van der Waals surface area (Å²) < 4.78 is 0. The molecule has 174 valence electrons. The number of aromatic nitrogens is 2. The van der Waals surface area contributed by atoms with Crippen LogP contribution in [0, 0.1) is 6.92 Å². The van der Waals surface area contributed by atoms with Crippen LogP contribution < -0.4 is 10.2 Å². The zero-order valence-electron chi connectivity index (χ0n) is 19.3. The average molecular weight is 450 g/mol.